The minimum atomic E-state index is -3.65. The molecule has 3 N–H and O–H groups in total. The smallest absolute Gasteiger partial charge is 0.319 e. The van der Waals surface area contributed by atoms with Crippen molar-refractivity contribution in [1.82, 2.24) is 19.6 Å². The van der Waals surface area contributed by atoms with Crippen molar-refractivity contribution in [2.45, 2.75) is 17.7 Å². The number of fused-ring (bicyclic) bond motifs is 1. The fraction of sp³-hybridized carbons (Fsp3) is 0.467. The van der Waals surface area contributed by atoms with E-state index in [2.05, 4.69) is 15.3 Å². The highest BCUT2D eigenvalue weighted by Gasteiger charge is 2.29. The van der Waals surface area contributed by atoms with Gasteiger partial charge in [0.05, 0.1) is 15.8 Å². The zero-order chi connectivity index (χ0) is 17.3. The van der Waals surface area contributed by atoms with Crippen molar-refractivity contribution in [3.63, 3.8) is 0 Å². The Morgan fingerprint density at radius 2 is 1.92 bits per heavy atom. The summed E-state index contributed by atoms with van der Waals surface area (Å²) in [5.41, 5.74) is -0.899. The van der Waals surface area contributed by atoms with Gasteiger partial charge < -0.3 is 10.3 Å². The first-order valence-electron chi connectivity index (χ1n) is 7.83. The second-order valence-corrected chi connectivity index (χ2v) is 7.96. The van der Waals surface area contributed by atoms with Gasteiger partial charge in [-0.05, 0) is 50.6 Å². The van der Waals surface area contributed by atoms with Crippen LogP contribution in [0.1, 0.15) is 12.8 Å². The van der Waals surface area contributed by atoms with E-state index in [1.54, 1.807) is 0 Å². The molecular weight excluding hydrogens is 332 g/mol. The van der Waals surface area contributed by atoms with Gasteiger partial charge in [0, 0.05) is 13.1 Å². The number of aromatic amines is 2. The number of piperidine rings is 1. The van der Waals surface area contributed by atoms with Gasteiger partial charge in [0.25, 0.3) is 5.56 Å². The summed E-state index contributed by atoms with van der Waals surface area (Å²) in [6, 6.07) is 4.19. The first kappa shape index (κ1) is 16.9. The van der Waals surface area contributed by atoms with E-state index in [1.807, 2.05) is 7.05 Å². The van der Waals surface area contributed by atoms with Crippen LogP contribution in [0.25, 0.3) is 10.9 Å². The Kier molecular flexibility index (Phi) is 4.57. The van der Waals surface area contributed by atoms with E-state index in [-0.39, 0.29) is 10.3 Å². The molecular formula is C15H20N4O4S. The number of H-pyrrole nitrogens is 2. The minimum Gasteiger partial charge on any atom is -0.319 e. The van der Waals surface area contributed by atoms with Crippen LogP contribution in [0.15, 0.2) is 32.7 Å². The molecule has 2 heterocycles. The van der Waals surface area contributed by atoms with Gasteiger partial charge in [-0.3, -0.25) is 9.78 Å². The summed E-state index contributed by atoms with van der Waals surface area (Å²) in [4.78, 5) is 27.8. The molecule has 1 aliphatic rings. The molecule has 0 atom stereocenters. The largest absolute Gasteiger partial charge is 0.326 e. The Morgan fingerprint density at radius 1 is 1.21 bits per heavy atom. The molecule has 1 aromatic heterocycles. The fourth-order valence-corrected chi connectivity index (χ4v) is 4.59. The van der Waals surface area contributed by atoms with E-state index < -0.39 is 21.3 Å². The van der Waals surface area contributed by atoms with E-state index in [0.29, 0.717) is 24.5 Å². The average molecular weight is 352 g/mol. The first-order valence-corrected chi connectivity index (χ1v) is 9.27. The second-order valence-electron chi connectivity index (χ2n) is 6.02. The number of rotatable bonds is 4. The van der Waals surface area contributed by atoms with E-state index >= 15 is 0 Å². The number of nitrogens with zero attached hydrogens (tertiary/aromatic N) is 1. The summed E-state index contributed by atoms with van der Waals surface area (Å²) in [7, 11) is -1.76. The maximum Gasteiger partial charge on any atom is 0.326 e. The second kappa shape index (κ2) is 6.50. The number of aromatic nitrogens is 2. The molecule has 24 heavy (non-hydrogen) atoms. The van der Waals surface area contributed by atoms with Crippen LogP contribution in [0.5, 0.6) is 0 Å². The third kappa shape index (κ3) is 3.14. The quantitative estimate of drug-likeness (QED) is 0.707. The minimum absolute atomic E-state index is 0.0691. The van der Waals surface area contributed by atoms with Crippen molar-refractivity contribution < 1.29 is 8.42 Å². The van der Waals surface area contributed by atoms with E-state index in [4.69, 9.17) is 0 Å². The number of hydrogen-bond donors (Lipinski definition) is 3. The number of hydrogen-bond acceptors (Lipinski definition) is 5. The molecule has 0 radical (unpaired) electrons. The summed E-state index contributed by atoms with van der Waals surface area (Å²) in [6.45, 7) is 1.82. The third-order valence-corrected chi connectivity index (χ3v) is 6.31. The van der Waals surface area contributed by atoms with Crippen LogP contribution in [-0.2, 0) is 10.0 Å². The average Bonchev–Trinajstić information content (AvgIpc) is 2.55. The number of sulfonamides is 1. The lowest BCUT2D eigenvalue weighted by Gasteiger charge is -2.31. The van der Waals surface area contributed by atoms with Crippen molar-refractivity contribution >= 4 is 20.9 Å². The van der Waals surface area contributed by atoms with E-state index in [9.17, 15) is 18.0 Å². The predicted octanol–water partition coefficient (Wildman–Crippen LogP) is -0.163. The number of benzene rings is 1. The molecule has 2 aromatic rings. The standard InChI is InChI=1S/C15H20N4O4S/c1-16-9-10-4-6-19(7-5-10)24(22,23)11-2-3-13-12(8-11)14(20)18-15(21)17-13/h2-3,8,10,16H,4-7,9H2,1H3,(H2,17,18,20,21). The third-order valence-electron chi connectivity index (χ3n) is 4.41. The summed E-state index contributed by atoms with van der Waals surface area (Å²) in [5, 5.41) is 3.27. The van der Waals surface area contributed by atoms with Crippen molar-refractivity contribution in [3.05, 3.63) is 39.0 Å². The topological polar surface area (TPSA) is 115 Å². The normalized spacial score (nSPS) is 17.4. The van der Waals surface area contributed by atoms with E-state index in [1.165, 1.54) is 22.5 Å². The zero-order valence-electron chi connectivity index (χ0n) is 13.3. The highest BCUT2D eigenvalue weighted by Crippen LogP contribution is 2.24. The van der Waals surface area contributed by atoms with Crippen LogP contribution in [-0.4, -0.2) is 49.4 Å². The Balaban J connectivity index is 1.92. The van der Waals surface area contributed by atoms with Crippen molar-refractivity contribution in [1.29, 1.82) is 0 Å². The zero-order valence-corrected chi connectivity index (χ0v) is 14.1. The molecule has 0 saturated carbocycles. The Hall–Kier alpha value is -1.97. The molecule has 8 nitrogen and oxygen atoms in total. The molecule has 0 bridgehead atoms. The molecule has 0 spiro atoms. The Bertz CT molecular complexity index is 955. The van der Waals surface area contributed by atoms with Crippen LogP contribution in [0, 0.1) is 5.92 Å². The maximum absolute atomic E-state index is 12.8. The van der Waals surface area contributed by atoms with Gasteiger partial charge in [-0.1, -0.05) is 0 Å². The molecule has 1 aliphatic heterocycles. The van der Waals surface area contributed by atoms with Gasteiger partial charge in [0.1, 0.15) is 0 Å². The van der Waals surface area contributed by atoms with Gasteiger partial charge in [-0.2, -0.15) is 4.31 Å². The van der Waals surface area contributed by atoms with Gasteiger partial charge in [0.15, 0.2) is 0 Å². The molecule has 1 fully saturated rings. The molecule has 1 aromatic carbocycles. The Labute approximate surface area is 138 Å². The van der Waals surface area contributed by atoms with Crippen molar-refractivity contribution in [2.75, 3.05) is 26.7 Å². The molecule has 0 aliphatic carbocycles. The van der Waals surface area contributed by atoms with Gasteiger partial charge >= 0.3 is 5.69 Å². The lowest BCUT2D eigenvalue weighted by atomic mass is 9.98. The first-order chi connectivity index (χ1) is 11.4. The lowest BCUT2D eigenvalue weighted by molar-refractivity contribution is 0.270. The summed E-state index contributed by atoms with van der Waals surface area (Å²) >= 11 is 0. The van der Waals surface area contributed by atoms with E-state index in [0.717, 1.165) is 19.4 Å². The molecule has 0 amide bonds. The predicted molar refractivity (Wildman–Crippen MR) is 90.6 cm³/mol. The summed E-state index contributed by atoms with van der Waals surface area (Å²) < 4.78 is 27.1. The number of nitrogens with one attached hydrogen (secondary N) is 3. The van der Waals surface area contributed by atoms with Crippen LogP contribution in [0.4, 0.5) is 0 Å². The SMILES string of the molecule is CNCC1CCN(S(=O)(=O)c2ccc3[nH]c(=O)[nH]c(=O)c3c2)CC1. The monoisotopic (exact) mass is 352 g/mol. The van der Waals surface area contributed by atoms with Crippen molar-refractivity contribution in [3.8, 4) is 0 Å². The molecule has 3 rings (SSSR count). The van der Waals surface area contributed by atoms with Gasteiger partial charge in [-0.25, -0.2) is 13.2 Å². The fourth-order valence-electron chi connectivity index (χ4n) is 3.10. The van der Waals surface area contributed by atoms with Gasteiger partial charge in [0.2, 0.25) is 10.0 Å². The summed E-state index contributed by atoms with van der Waals surface area (Å²) in [6.07, 6.45) is 1.61. The highest BCUT2D eigenvalue weighted by atomic mass is 32.2. The van der Waals surface area contributed by atoms with Gasteiger partial charge in [-0.15, -0.1) is 0 Å². The maximum atomic E-state index is 12.8. The molecule has 0 unspecified atom stereocenters. The highest BCUT2D eigenvalue weighted by molar-refractivity contribution is 7.89. The molecule has 1 saturated heterocycles. The van der Waals surface area contributed by atoms with Crippen molar-refractivity contribution in [2.24, 2.45) is 5.92 Å². The van der Waals surface area contributed by atoms with Crippen LogP contribution in [0.2, 0.25) is 0 Å². The lowest BCUT2D eigenvalue weighted by Crippen LogP contribution is -2.40. The molecule has 130 valence electrons. The van der Waals surface area contributed by atoms with Crippen LogP contribution < -0.4 is 16.6 Å². The van der Waals surface area contributed by atoms with Crippen LogP contribution >= 0.6 is 0 Å². The Morgan fingerprint density at radius 3 is 2.58 bits per heavy atom. The van der Waals surface area contributed by atoms with Crippen LogP contribution in [0.3, 0.4) is 0 Å². The summed E-state index contributed by atoms with van der Waals surface area (Å²) in [5.74, 6) is 0.478. The molecule has 9 heteroatoms.